The monoisotopic (exact) mass is 466 g/mol. The van der Waals surface area contributed by atoms with Crippen LogP contribution in [-0.2, 0) is 9.59 Å². The summed E-state index contributed by atoms with van der Waals surface area (Å²) in [4.78, 5) is 42.2. The number of rotatable bonds is 9. The summed E-state index contributed by atoms with van der Waals surface area (Å²) >= 11 is 0. The van der Waals surface area contributed by atoms with Crippen LogP contribution in [-0.4, -0.2) is 71.8 Å². The minimum atomic E-state index is -0.767. The molecule has 2 aromatic carbocycles. The number of carbonyl (C=O) groups is 2. The quantitative estimate of drug-likeness (QED) is 0.198. The molecule has 3 rings (SSSR count). The van der Waals surface area contributed by atoms with Crippen molar-refractivity contribution < 1.29 is 19.6 Å². The van der Waals surface area contributed by atoms with Crippen molar-refractivity contribution in [2.75, 3.05) is 45.2 Å². The lowest BCUT2D eigenvalue weighted by Gasteiger charge is -2.28. The van der Waals surface area contributed by atoms with Gasteiger partial charge in [-0.15, -0.1) is 0 Å². The lowest BCUT2D eigenvalue weighted by atomic mass is 9.95. The second kappa shape index (κ2) is 10.5. The zero-order chi connectivity index (χ0) is 25.0. The summed E-state index contributed by atoms with van der Waals surface area (Å²) in [6.45, 7) is 6.59. The third-order valence-electron chi connectivity index (χ3n) is 6.17. The van der Waals surface area contributed by atoms with Gasteiger partial charge < -0.3 is 19.8 Å². The highest BCUT2D eigenvalue weighted by Gasteiger charge is 2.46. The van der Waals surface area contributed by atoms with Gasteiger partial charge in [-0.25, -0.2) is 0 Å². The number of likely N-dealkylation sites (N-methyl/N-ethyl adjacent to an activating group) is 1. The normalized spacial score (nSPS) is 17.4. The molecule has 1 fully saturated rings. The number of non-ortho nitro benzene ring substituents is 1. The smallest absolute Gasteiger partial charge is 0.295 e. The third-order valence-corrected chi connectivity index (χ3v) is 6.17. The van der Waals surface area contributed by atoms with Crippen LogP contribution in [0.15, 0.2) is 54.1 Å². The van der Waals surface area contributed by atoms with Crippen LogP contribution in [0.1, 0.15) is 31.0 Å². The number of aliphatic hydroxyl groups is 1. The van der Waals surface area contributed by atoms with Crippen LogP contribution in [0.25, 0.3) is 5.76 Å². The number of nitro groups is 1. The summed E-state index contributed by atoms with van der Waals surface area (Å²) in [6.07, 6.45) is 0. The summed E-state index contributed by atoms with van der Waals surface area (Å²) in [5.74, 6) is -1.78. The molecule has 0 saturated carbocycles. The first-order chi connectivity index (χ1) is 16.2. The Balaban J connectivity index is 2.09. The Morgan fingerprint density at radius 2 is 1.62 bits per heavy atom. The van der Waals surface area contributed by atoms with E-state index in [-0.39, 0.29) is 22.6 Å². The molecule has 1 atom stereocenters. The molecule has 1 N–H and O–H groups in total. The molecule has 1 saturated heterocycles. The van der Waals surface area contributed by atoms with Gasteiger partial charge in [0.25, 0.3) is 17.4 Å². The van der Waals surface area contributed by atoms with Crippen LogP contribution in [0, 0.1) is 10.1 Å². The first kappa shape index (κ1) is 24.9. The van der Waals surface area contributed by atoms with Crippen molar-refractivity contribution >= 4 is 28.8 Å². The Bertz CT molecular complexity index is 1090. The maximum atomic E-state index is 13.1. The minimum absolute atomic E-state index is 0.0176. The number of anilines is 1. The molecule has 180 valence electrons. The van der Waals surface area contributed by atoms with Crippen molar-refractivity contribution in [3.8, 4) is 0 Å². The van der Waals surface area contributed by atoms with Crippen molar-refractivity contribution in [3.05, 3.63) is 75.3 Å². The first-order valence-electron chi connectivity index (χ1n) is 11.2. The molecule has 1 unspecified atom stereocenters. The van der Waals surface area contributed by atoms with Gasteiger partial charge in [-0.05, 0) is 42.9 Å². The molecule has 2 aromatic rings. The number of ketones is 1. The van der Waals surface area contributed by atoms with Crippen LogP contribution in [0.4, 0.5) is 11.4 Å². The van der Waals surface area contributed by atoms with E-state index in [0.717, 1.165) is 18.8 Å². The Kier molecular flexibility index (Phi) is 7.68. The molecular weight excluding hydrogens is 436 g/mol. The fourth-order valence-corrected chi connectivity index (χ4v) is 4.10. The van der Waals surface area contributed by atoms with Crippen LogP contribution in [0.2, 0.25) is 0 Å². The largest absolute Gasteiger partial charge is 0.507 e. The fraction of sp³-hybridized carbons (Fsp3) is 0.360. The third kappa shape index (κ3) is 4.94. The molecule has 9 heteroatoms. The molecule has 0 bridgehead atoms. The second-order valence-corrected chi connectivity index (χ2v) is 8.31. The Labute approximate surface area is 199 Å². The Hall–Kier alpha value is -3.72. The molecule has 1 amide bonds. The summed E-state index contributed by atoms with van der Waals surface area (Å²) in [7, 11) is 3.83. The number of nitrogens with zero attached hydrogens (tertiary/aromatic N) is 4. The molecule has 0 spiro atoms. The van der Waals surface area contributed by atoms with E-state index in [2.05, 4.69) is 4.90 Å². The van der Waals surface area contributed by atoms with Gasteiger partial charge in [-0.2, -0.15) is 0 Å². The maximum absolute atomic E-state index is 13.1. The highest BCUT2D eigenvalue weighted by molar-refractivity contribution is 6.46. The van der Waals surface area contributed by atoms with E-state index in [4.69, 9.17) is 0 Å². The highest BCUT2D eigenvalue weighted by atomic mass is 16.6. The predicted octanol–water partition coefficient (Wildman–Crippen LogP) is 3.42. The van der Waals surface area contributed by atoms with E-state index in [1.54, 1.807) is 0 Å². The number of benzene rings is 2. The van der Waals surface area contributed by atoms with E-state index < -0.39 is 22.7 Å². The summed E-state index contributed by atoms with van der Waals surface area (Å²) in [6, 6.07) is 12.0. The predicted molar refractivity (Wildman–Crippen MR) is 131 cm³/mol. The number of hydrogen-bond acceptors (Lipinski definition) is 7. The van der Waals surface area contributed by atoms with Crippen LogP contribution in [0.3, 0.4) is 0 Å². The summed E-state index contributed by atoms with van der Waals surface area (Å²) in [5.41, 5.74) is 1.75. The van der Waals surface area contributed by atoms with Gasteiger partial charge in [0.2, 0.25) is 0 Å². The highest BCUT2D eigenvalue weighted by Crippen LogP contribution is 2.39. The molecule has 1 aliphatic rings. The SMILES string of the molecule is CCN(CC)CCN1C(=O)C(=O)/C(=C(\O)c2ccc([N+](=O)[O-])cc2)C1c1ccc(N(C)C)cc1. The Morgan fingerprint density at radius 1 is 1.03 bits per heavy atom. The molecule has 0 aromatic heterocycles. The number of carbonyl (C=O) groups excluding carboxylic acids is 2. The van der Waals surface area contributed by atoms with Gasteiger partial charge in [0.15, 0.2) is 0 Å². The van der Waals surface area contributed by atoms with Gasteiger partial charge in [0.1, 0.15) is 5.76 Å². The fourth-order valence-electron chi connectivity index (χ4n) is 4.10. The van der Waals surface area contributed by atoms with Gasteiger partial charge >= 0.3 is 0 Å². The van der Waals surface area contributed by atoms with Crippen LogP contribution >= 0.6 is 0 Å². The standard InChI is InChI=1S/C25H30N4O5/c1-5-27(6-2)15-16-28-22(17-7-11-19(12-8-17)26(3)4)21(24(31)25(28)32)23(30)18-9-13-20(14-10-18)29(33)34/h7-14,22,30H,5-6,15-16H2,1-4H3/b23-21-. The lowest BCUT2D eigenvalue weighted by Crippen LogP contribution is -2.38. The van der Waals surface area contributed by atoms with E-state index in [1.165, 1.54) is 29.2 Å². The number of hydrogen-bond donors (Lipinski definition) is 1. The van der Waals surface area contributed by atoms with Crippen LogP contribution < -0.4 is 4.90 Å². The van der Waals surface area contributed by atoms with Crippen molar-refractivity contribution in [2.24, 2.45) is 0 Å². The first-order valence-corrected chi connectivity index (χ1v) is 11.2. The van der Waals surface area contributed by atoms with E-state index in [1.807, 2.05) is 57.1 Å². The van der Waals surface area contributed by atoms with Gasteiger partial charge in [-0.1, -0.05) is 26.0 Å². The Morgan fingerprint density at radius 3 is 2.12 bits per heavy atom. The van der Waals surface area contributed by atoms with Gasteiger partial charge in [-0.3, -0.25) is 19.7 Å². The maximum Gasteiger partial charge on any atom is 0.295 e. The number of nitro benzene ring substituents is 1. The second-order valence-electron chi connectivity index (χ2n) is 8.31. The zero-order valence-corrected chi connectivity index (χ0v) is 19.9. The molecular formula is C25H30N4O5. The summed E-state index contributed by atoms with van der Waals surface area (Å²) < 4.78 is 0. The zero-order valence-electron chi connectivity index (χ0n) is 19.9. The minimum Gasteiger partial charge on any atom is -0.507 e. The van der Waals surface area contributed by atoms with Gasteiger partial charge in [0.05, 0.1) is 16.5 Å². The lowest BCUT2D eigenvalue weighted by molar-refractivity contribution is -0.384. The topological polar surface area (TPSA) is 107 Å². The van der Waals surface area contributed by atoms with Crippen LogP contribution in [0.5, 0.6) is 0 Å². The van der Waals surface area contributed by atoms with Crippen molar-refractivity contribution in [2.45, 2.75) is 19.9 Å². The van der Waals surface area contributed by atoms with E-state index >= 15 is 0 Å². The molecule has 34 heavy (non-hydrogen) atoms. The summed E-state index contributed by atoms with van der Waals surface area (Å²) in [5, 5.41) is 22.1. The van der Waals surface area contributed by atoms with Crippen molar-refractivity contribution in [3.63, 3.8) is 0 Å². The average molecular weight is 467 g/mol. The van der Waals surface area contributed by atoms with E-state index in [9.17, 15) is 24.8 Å². The molecule has 1 aliphatic heterocycles. The number of likely N-dealkylation sites (tertiary alicyclic amines) is 1. The molecule has 0 radical (unpaired) electrons. The molecule has 0 aliphatic carbocycles. The molecule has 9 nitrogen and oxygen atoms in total. The van der Waals surface area contributed by atoms with E-state index in [0.29, 0.717) is 18.7 Å². The molecule has 1 heterocycles. The van der Waals surface area contributed by atoms with Gasteiger partial charge in [0, 0.05) is 50.6 Å². The number of aliphatic hydroxyl groups excluding tert-OH is 1. The average Bonchev–Trinajstić information content (AvgIpc) is 3.09. The number of amides is 1. The van der Waals surface area contributed by atoms with Crippen molar-refractivity contribution in [1.82, 2.24) is 9.80 Å². The van der Waals surface area contributed by atoms with Crippen molar-refractivity contribution in [1.29, 1.82) is 0 Å². The number of Topliss-reactive ketones (excluding diaryl/α,β-unsaturated/α-hetero) is 1.